The maximum atomic E-state index is 13.2. The first kappa shape index (κ1) is 22.6. The number of ether oxygens (including phenoxy) is 1. The molecule has 0 spiro atoms. The molecule has 0 bridgehead atoms. The Morgan fingerprint density at radius 3 is 2.42 bits per heavy atom. The second-order valence-electron chi connectivity index (χ2n) is 7.57. The fourth-order valence-electron chi connectivity index (χ4n) is 3.67. The monoisotopic (exact) mass is 421 g/mol. The number of nitrogens with one attached hydrogen (secondary N) is 1. The zero-order valence-corrected chi connectivity index (χ0v) is 18.3. The molecule has 3 aromatic rings. The molecule has 2 aromatic carbocycles. The molecule has 0 aliphatic rings. The first-order chi connectivity index (χ1) is 15.1. The van der Waals surface area contributed by atoms with Gasteiger partial charge in [-0.05, 0) is 23.6 Å². The average molecular weight is 422 g/mol. The number of methoxy groups -OCH3 is 1. The van der Waals surface area contributed by atoms with Gasteiger partial charge in [0.25, 0.3) is 0 Å². The van der Waals surface area contributed by atoms with Gasteiger partial charge in [0, 0.05) is 50.3 Å². The molecular formula is C25H31N3O3. The van der Waals surface area contributed by atoms with E-state index in [0.717, 1.165) is 17.5 Å². The summed E-state index contributed by atoms with van der Waals surface area (Å²) in [6.07, 6.45) is 3.12. The molecule has 0 fully saturated rings. The van der Waals surface area contributed by atoms with E-state index in [-0.39, 0.29) is 18.4 Å². The number of carbonyl (C=O) groups excluding carboxylic acids is 2. The van der Waals surface area contributed by atoms with E-state index >= 15 is 0 Å². The van der Waals surface area contributed by atoms with Crippen molar-refractivity contribution in [2.45, 2.75) is 26.3 Å². The summed E-state index contributed by atoms with van der Waals surface area (Å²) in [6.45, 7) is 3.79. The summed E-state index contributed by atoms with van der Waals surface area (Å²) in [5.74, 6) is -0.0942. The number of hydrogen-bond donors (Lipinski definition) is 1. The summed E-state index contributed by atoms with van der Waals surface area (Å²) in [5, 5.41) is 1.18. The molecule has 31 heavy (non-hydrogen) atoms. The van der Waals surface area contributed by atoms with Crippen molar-refractivity contribution in [3.63, 3.8) is 0 Å². The zero-order valence-electron chi connectivity index (χ0n) is 18.3. The molecule has 164 valence electrons. The number of carbonyl (C=O) groups is 2. The van der Waals surface area contributed by atoms with Crippen molar-refractivity contribution in [1.82, 2.24) is 14.8 Å². The van der Waals surface area contributed by atoms with Gasteiger partial charge in [-0.2, -0.15) is 0 Å². The second kappa shape index (κ2) is 11.3. The van der Waals surface area contributed by atoms with Crippen LogP contribution < -0.4 is 0 Å². The lowest BCUT2D eigenvalue weighted by molar-refractivity contribution is -0.141. The molecule has 2 amide bonds. The molecule has 0 atom stereocenters. The molecule has 0 aliphatic carbocycles. The van der Waals surface area contributed by atoms with Crippen molar-refractivity contribution >= 4 is 22.7 Å². The number of aromatic amines is 1. The number of benzene rings is 2. The van der Waals surface area contributed by atoms with Gasteiger partial charge in [0.05, 0.1) is 13.2 Å². The van der Waals surface area contributed by atoms with Crippen molar-refractivity contribution in [1.29, 1.82) is 0 Å². The number of aromatic nitrogens is 1. The number of H-pyrrole nitrogens is 1. The van der Waals surface area contributed by atoms with E-state index in [1.807, 2.05) is 60.5 Å². The maximum Gasteiger partial charge on any atom is 0.242 e. The minimum Gasteiger partial charge on any atom is -0.383 e. The van der Waals surface area contributed by atoms with E-state index in [0.29, 0.717) is 32.7 Å². The molecule has 6 heteroatoms. The third-order valence-corrected chi connectivity index (χ3v) is 5.44. The highest BCUT2D eigenvalue weighted by molar-refractivity contribution is 5.85. The van der Waals surface area contributed by atoms with Gasteiger partial charge in [-0.1, -0.05) is 55.5 Å². The molecule has 0 saturated heterocycles. The van der Waals surface area contributed by atoms with Gasteiger partial charge in [-0.25, -0.2) is 0 Å². The van der Waals surface area contributed by atoms with E-state index < -0.39 is 0 Å². The van der Waals surface area contributed by atoms with Gasteiger partial charge in [0.1, 0.15) is 0 Å². The summed E-state index contributed by atoms with van der Waals surface area (Å²) in [6, 6.07) is 18.1. The topological polar surface area (TPSA) is 65.6 Å². The van der Waals surface area contributed by atoms with E-state index in [2.05, 4.69) is 17.1 Å². The SMILES string of the molecule is CCC(=O)N(CCOC)CC(=O)N(CCc1c[nH]c2ccccc12)Cc1ccccc1. The maximum absolute atomic E-state index is 13.2. The number of para-hydroxylation sites is 1. The van der Waals surface area contributed by atoms with Crippen molar-refractivity contribution in [2.24, 2.45) is 0 Å². The Labute approximate surface area is 183 Å². The van der Waals surface area contributed by atoms with Crippen molar-refractivity contribution in [3.8, 4) is 0 Å². The van der Waals surface area contributed by atoms with Crippen LogP contribution in [-0.4, -0.2) is 59.9 Å². The number of hydrogen-bond acceptors (Lipinski definition) is 3. The van der Waals surface area contributed by atoms with Crippen molar-refractivity contribution < 1.29 is 14.3 Å². The van der Waals surface area contributed by atoms with Gasteiger partial charge in [0.15, 0.2) is 0 Å². The highest BCUT2D eigenvalue weighted by Crippen LogP contribution is 2.19. The molecule has 0 radical (unpaired) electrons. The highest BCUT2D eigenvalue weighted by Gasteiger charge is 2.21. The summed E-state index contributed by atoms with van der Waals surface area (Å²) in [5.41, 5.74) is 3.35. The first-order valence-corrected chi connectivity index (χ1v) is 10.8. The zero-order chi connectivity index (χ0) is 22.1. The Kier molecular flexibility index (Phi) is 8.24. The van der Waals surface area contributed by atoms with Crippen LogP contribution in [-0.2, 0) is 27.3 Å². The molecule has 1 N–H and O–H groups in total. The predicted octanol–water partition coefficient (Wildman–Crippen LogP) is 3.62. The third-order valence-electron chi connectivity index (χ3n) is 5.44. The standard InChI is InChI=1S/C25H31N3O3/c1-3-24(29)28(15-16-31-2)19-25(30)27(18-20-9-5-4-6-10-20)14-13-21-17-26-23-12-8-7-11-22(21)23/h4-12,17,26H,3,13-16,18-19H2,1-2H3. The predicted molar refractivity (Wildman–Crippen MR) is 123 cm³/mol. The number of rotatable bonds is 11. The van der Waals surface area contributed by atoms with Crippen molar-refractivity contribution in [3.05, 3.63) is 71.9 Å². The molecule has 0 aliphatic heterocycles. The van der Waals surface area contributed by atoms with Crippen LogP contribution in [0.4, 0.5) is 0 Å². The lowest BCUT2D eigenvalue weighted by Crippen LogP contribution is -2.44. The van der Waals surface area contributed by atoms with E-state index in [9.17, 15) is 9.59 Å². The van der Waals surface area contributed by atoms with Gasteiger partial charge < -0.3 is 19.5 Å². The van der Waals surface area contributed by atoms with E-state index in [1.54, 1.807) is 12.0 Å². The van der Waals surface area contributed by atoms with Crippen LogP contribution in [0.3, 0.4) is 0 Å². The molecule has 0 saturated carbocycles. The average Bonchev–Trinajstić information content (AvgIpc) is 3.22. The Morgan fingerprint density at radius 2 is 1.68 bits per heavy atom. The van der Waals surface area contributed by atoms with Crippen LogP contribution in [0.1, 0.15) is 24.5 Å². The number of nitrogens with zero attached hydrogens (tertiary/aromatic N) is 2. The summed E-state index contributed by atoms with van der Waals surface area (Å²) in [7, 11) is 1.60. The van der Waals surface area contributed by atoms with Gasteiger partial charge in [-0.3, -0.25) is 9.59 Å². The quantitative estimate of drug-likeness (QED) is 0.514. The van der Waals surface area contributed by atoms with E-state index in [4.69, 9.17) is 4.74 Å². The molecule has 3 rings (SSSR count). The third kappa shape index (κ3) is 6.18. The van der Waals surface area contributed by atoms with Gasteiger partial charge in [0.2, 0.25) is 11.8 Å². The number of amides is 2. The lowest BCUT2D eigenvalue weighted by atomic mass is 10.1. The van der Waals surface area contributed by atoms with Crippen LogP contribution >= 0.6 is 0 Å². The summed E-state index contributed by atoms with van der Waals surface area (Å²) >= 11 is 0. The van der Waals surface area contributed by atoms with Crippen LogP contribution in [0, 0.1) is 0 Å². The normalized spacial score (nSPS) is 10.9. The van der Waals surface area contributed by atoms with E-state index in [1.165, 1.54) is 10.9 Å². The largest absolute Gasteiger partial charge is 0.383 e. The Hall–Kier alpha value is -3.12. The second-order valence-corrected chi connectivity index (χ2v) is 7.57. The van der Waals surface area contributed by atoms with Gasteiger partial charge >= 0.3 is 0 Å². The van der Waals surface area contributed by atoms with Crippen LogP contribution in [0.15, 0.2) is 60.8 Å². The van der Waals surface area contributed by atoms with Crippen LogP contribution in [0.5, 0.6) is 0 Å². The Bertz CT molecular complexity index is 984. The fourth-order valence-corrected chi connectivity index (χ4v) is 3.67. The Balaban J connectivity index is 1.74. The van der Waals surface area contributed by atoms with Crippen LogP contribution in [0.25, 0.3) is 10.9 Å². The minimum atomic E-state index is -0.0541. The molecule has 1 heterocycles. The van der Waals surface area contributed by atoms with Crippen LogP contribution in [0.2, 0.25) is 0 Å². The summed E-state index contributed by atoms with van der Waals surface area (Å²) < 4.78 is 5.12. The summed E-state index contributed by atoms with van der Waals surface area (Å²) in [4.78, 5) is 32.3. The number of fused-ring (bicyclic) bond motifs is 1. The highest BCUT2D eigenvalue weighted by atomic mass is 16.5. The first-order valence-electron chi connectivity index (χ1n) is 10.8. The lowest BCUT2D eigenvalue weighted by Gasteiger charge is -2.27. The van der Waals surface area contributed by atoms with Crippen molar-refractivity contribution in [2.75, 3.05) is 33.4 Å². The fraction of sp³-hybridized carbons (Fsp3) is 0.360. The molecule has 0 unspecified atom stereocenters. The Morgan fingerprint density at radius 1 is 0.935 bits per heavy atom. The smallest absolute Gasteiger partial charge is 0.242 e. The minimum absolute atomic E-state index is 0.0401. The molecule has 1 aromatic heterocycles. The molecular weight excluding hydrogens is 390 g/mol. The van der Waals surface area contributed by atoms with Gasteiger partial charge in [-0.15, -0.1) is 0 Å². The molecule has 6 nitrogen and oxygen atoms in total.